The van der Waals surface area contributed by atoms with Crippen LogP contribution in [-0.4, -0.2) is 19.6 Å². The summed E-state index contributed by atoms with van der Waals surface area (Å²) in [5.41, 5.74) is 19.6. The zero-order chi connectivity index (χ0) is 47.2. The molecule has 1 N–H and O–H groups in total. The maximum Gasteiger partial charge on any atom is 0.149 e. The number of benzene rings is 7. The van der Waals surface area contributed by atoms with Gasteiger partial charge in [0, 0.05) is 39.4 Å². The summed E-state index contributed by atoms with van der Waals surface area (Å²) in [6.45, 7) is 24.7. The summed E-state index contributed by atoms with van der Waals surface area (Å²) >= 11 is 0. The van der Waals surface area contributed by atoms with E-state index in [0.717, 1.165) is 72.5 Å². The van der Waals surface area contributed by atoms with E-state index in [9.17, 15) is 5.11 Å². The van der Waals surface area contributed by atoms with Crippen molar-refractivity contribution < 1.29 is 5.11 Å². The number of pyridine rings is 1. The molecule has 0 radical (unpaired) electrons. The SMILES string of the molecule is CC(C)(C)c1ccc(-n2c(-c3cc(C(C)(C)C)cc(C(C)(C)C)c3O)nc3c(-c4cc(-c5ccccc5)cc(-c5cc6c(cn5)-c5ccccc5C6(C)C)c4)cccc32)c(-c2ccccc2)c1. The fourth-order valence-corrected chi connectivity index (χ4v) is 10.1. The molecular weight excluding hydrogens is 815 g/mol. The number of phenolic OH excluding ortho intramolecular Hbond substituents is 1. The smallest absolute Gasteiger partial charge is 0.149 e. The summed E-state index contributed by atoms with van der Waals surface area (Å²) in [6, 6.07) is 56.9. The van der Waals surface area contributed by atoms with Crippen LogP contribution in [0.5, 0.6) is 5.75 Å². The topological polar surface area (TPSA) is 50.9 Å². The number of hydrogen-bond donors (Lipinski definition) is 1. The Morgan fingerprint density at radius 2 is 1.07 bits per heavy atom. The molecule has 2 heterocycles. The summed E-state index contributed by atoms with van der Waals surface area (Å²) in [7, 11) is 0. The van der Waals surface area contributed by atoms with Crippen LogP contribution in [0.3, 0.4) is 0 Å². The first-order valence-electron chi connectivity index (χ1n) is 23.7. The lowest BCUT2D eigenvalue weighted by Crippen LogP contribution is -2.17. The number of nitrogens with zero attached hydrogens (tertiary/aromatic N) is 3. The highest BCUT2D eigenvalue weighted by molar-refractivity contribution is 5.99. The van der Waals surface area contributed by atoms with Gasteiger partial charge in [-0.15, -0.1) is 0 Å². The lowest BCUT2D eigenvalue weighted by atomic mass is 9.79. The molecule has 2 aromatic heterocycles. The van der Waals surface area contributed by atoms with Crippen molar-refractivity contribution in [2.45, 2.75) is 97.8 Å². The molecule has 0 fully saturated rings. The predicted molar refractivity (Wildman–Crippen MR) is 281 cm³/mol. The van der Waals surface area contributed by atoms with Crippen molar-refractivity contribution in [1.29, 1.82) is 0 Å². The predicted octanol–water partition coefficient (Wildman–Crippen LogP) is 16.7. The van der Waals surface area contributed by atoms with E-state index >= 15 is 0 Å². The largest absolute Gasteiger partial charge is 0.507 e. The maximum absolute atomic E-state index is 12.6. The molecule has 9 aromatic rings. The van der Waals surface area contributed by atoms with Crippen molar-refractivity contribution in [3.05, 3.63) is 192 Å². The third-order valence-electron chi connectivity index (χ3n) is 14.0. The summed E-state index contributed by atoms with van der Waals surface area (Å²) in [5.74, 6) is 0.950. The molecule has 334 valence electrons. The zero-order valence-electron chi connectivity index (χ0n) is 40.9. The van der Waals surface area contributed by atoms with E-state index in [1.807, 2.05) is 0 Å². The van der Waals surface area contributed by atoms with Crippen LogP contribution in [-0.2, 0) is 21.7 Å². The Labute approximate surface area is 397 Å². The molecule has 1 aliphatic rings. The number of aromatic hydroxyl groups is 1. The molecule has 0 unspecified atom stereocenters. The van der Waals surface area contributed by atoms with E-state index in [0.29, 0.717) is 11.4 Å². The second kappa shape index (κ2) is 15.8. The third-order valence-corrected chi connectivity index (χ3v) is 14.0. The Morgan fingerprint density at radius 3 is 1.76 bits per heavy atom. The Hall–Kier alpha value is -7.04. The van der Waals surface area contributed by atoms with Crippen molar-refractivity contribution in [3.63, 3.8) is 0 Å². The van der Waals surface area contributed by atoms with Crippen molar-refractivity contribution in [2.75, 3.05) is 0 Å². The number of phenols is 1. The number of rotatable bonds is 6. The maximum atomic E-state index is 12.6. The van der Waals surface area contributed by atoms with Gasteiger partial charge in [0.25, 0.3) is 0 Å². The minimum absolute atomic E-state index is 0.0785. The van der Waals surface area contributed by atoms with E-state index in [4.69, 9.17) is 9.97 Å². The normalized spacial score (nSPS) is 13.5. The standard InChI is InChI=1S/C63H61N3O/c1-60(2,3)44-29-30-55(48(34-44)40-23-16-13-17-24-40)66-56-28-20-26-46(57(56)65-59(66)49-35-45(61(4,5)6)36-53(58(49)67)62(7,8)9)42-31-41(39-21-14-12-15-22-39)32-43(33-42)54-37-52-50(38-64-54)47-25-18-19-27-51(47)63(52,10)11/h12-38,67H,1-11H3. The number of hydrogen-bond acceptors (Lipinski definition) is 3. The van der Waals surface area contributed by atoms with Crippen LogP contribution in [0, 0.1) is 0 Å². The minimum Gasteiger partial charge on any atom is -0.507 e. The van der Waals surface area contributed by atoms with E-state index in [1.165, 1.54) is 27.8 Å². The summed E-state index contributed by atoms with van der Waals surface area (Å²) < 4.78 is 2.30. The second-order valence-electron chi connectivity index (χ2n) is 22.2. The van der Waals surface area contributed by atoms with Gasteiger partial charge in [0.1, 0.15) is 11.6 Å². The van der Waals surface area contributed by atoms with Gasteiger partial charge in [-0.3, -0.25) is 9.55 Å². The average Bonchev–Trinajstić information content (AvgIpc) is 3.80. The van der Waals surface area contributed by atoms with Gasteiger partial charge in [-0.05, 0) is 115 Å². The minimum atomic E-state index is -0.330. The van der Waals surface area contributed by atoms with Crippen molar-refractivity contribution in [1.82, 2.24) is 14.5 Å². The Morgan fingerprint density at radius 1 is 0.463 bits per heavy atom. The Bertz CT molecular complexity index is 3370. The summed E-state index contributed by atoms with van der Waals surface area (Å²) in [6.07, 6.45) is 2.07. The summed E-state index contributed by atoms with van der Waals surface area (Å²) in [4.78, 5) is 10.9. The molecule has 0 saturated heterocycles. The molecule has 0 bridgehead atoms. The van der Waals surface area contributed by atoms with E-state index in [2.05, 4.69) is 245 Å². The van der Waals surface area contributed by atoms with Crippen molar-refractivity contribution >= 4 is 11.0 Å². The average molecular weight is 876 g/mol. The van der Waals surface area contributed by atoms with Crippen LogP contribution in [0.25, 0.3) is 83.9 Å². The Balaban J connectivity index is 1.27. The molecule has 4 heteroatoms. The number of imidazole rings is 1. The number of aromatic nitrogens is 3. The van der Waals surface area contributed by atoms with Crippen LogP contribution in [0.2, 0.25) is 0 Å². The molecule has 0 spiro atoms. The van der Waals surface area contributed by atoms with E-state index in [1.54, 1.807) is 0 Å². The molecule has 0 amide bonds. The molecular formula is C63H61N3O. The first kappa shape index (κ1) is 43.8. The van der Waals surface area contributed by atoms with Gasteiger partial charge in [0.2, 0.25) is 0 Å². The van der Waals surface area contributed by atoms with Crippen LogP contribution < -0.4 is 0 Å². The van der Waals surface area contributed by atoms with E-state index in [-0.39, 0.29) is 27.4 Å². The molecule has 7 aromatic carbocycles. The van der Waals surface area contributed by atoms with Crippen LogP contribution in [0.15, 0.2) is 164 Å². The van der Waals surface area contributed by atoms with Crippen molar-refractivity contribution in [3.8, 4) is 78.6 Å². The molecule has 4 nitrogen and oxygen atoms in total. The molecule has 1 aliphatic carbocycles. The highest BCUT2D eigenvalue weighted by Crippen LogP contribution is 2.50. The van der Waals surface area contributed by atoms with Gasteiger partial charge in [0.15, 0.2) is 0 Å². The van der Waals surface area contributed by atoms with Gasteiger partial charge >= 0.3 is 0 Å². The highest BCUT2D eigenvalue weighted by atomic mass is 16.3. The third kappa shape index (κ3) is 7.67. The van der Waals surface area contributed by atoms with Gasteiger partial charge in [0.05, 0.1) is 28.0 Å². The first-order valence-corrected chi connectivity index (χ1v) is 23.7. The van der Waals surface area contributed by atoms with Crippen molar-refractivity contribution in [2.24, 2.45) is 0 Å². The van der Waals surface area contributed by atoms with E-state index < -0.39 is 0 Å². The lowest BCUT2D eigenvalue weighted by Gasteiger charge is -2.28. The number of para-hydroxylation sites is 1. The Kier molecular flexibility index (Phi) is 10.3. The second-order valence-corrected chi connectivity index (χ2v) is 22.2. The number of fused-ring (bicyclic) bond motifs is 4. The molecule has 0 saturated carbocycles. The molecule has 10 rings (SSSR count). The van der Waals surface area contributed by atoms with Gasteiger partial charge < -0.3 is 5.11 Å². The van der Waals surface area contributed by atoms with Gasteiger partial charge in [-0.2, -0.15) is 0 Å². The van der Waals surface area contributed by atoms with Crippen LogP contribution in [0.4, 0.5) is 0 Å². The monoisotopic (exact) mass is 875 g/mol. The summed E-state index contributed by atoms with van der Waals surface area (Å²) in [5, 5.41) is 12.6. The zero-order valence-corrected chi connectivity index (χ0v) is 40.9. The molecule has 67 heavy (non-hydrogen) atoms. The molecule has 0 aliphatic heterocycles. The van der Waals surface area contributed by atoms with Gasteiger partial charge in [-0.25, -0.2) is 4.98 Å². The van der Waals surface area contributed by atoms with Gasteiger partial charge in [-0.1, -0.05) is 185 Å². The van der Waals surface area contributed by atoms with Crippen LogP contribution >= 0.6 is 0 Å². The quantitative estimate of drug-likeness (QED) is 0.181. The lowest BCUT2D eigenvalue weighted by molar-refractivity contribution is 0.446. The first-order chi connectivity index (χ1) is 31.8. The van der Waals surface area contributed by atoms with Crippen LogP contribution in [0.1, 0.15) is 104 Å². The highest BCUT2D eigenvalue weighted by Gasteiger charge is 2.36. The fourth-order valence-electron chi connectivity index (χ4n) is 10.1. The fraction of sp³-hybridized carbons (Fsp3) is 0.238. The molecule has 0 atom stereocenters.